The summed E-state index contributed by atoms with van der Waals surface area (Å²) in [5.41, 5.74) is 0.642. The van der Waals surface area contributed by atoms with Gasteiger partial charge in [0.25, 0.3) is 0 Å². The molecule has 2 saturated carbocycles. The van der Waals surface area contributed by atoms with Crippen LogP contribution in [-0.2, 0) is 8.85 Å². The van der Waals surface area contributed by atoms with E-state index in [1.54, 1.807) is 0 Å². The van der Waals surface area contributed by atoms with Crippen molar-refractivity contribution in [3.05, 3.63) is 0 Å². The summed E-state index contributed by atoms with van der Waals surface area (Å²) in [6, 6.07) is 0.603. The number of hydrogen-bond acceptors (Lipinski definition) is 3. The molecule has 4 heteroatoms. The van der Waals surface area contributed by atoms with E-state index in [-0.39, 0.29) is 0 Å². The van der Waals surface area contributed by atoms with Crippen LogP contribution in [0.25, 0.3) is 0 Å². The first-order valence-corrected chi connectivity index (χ1v) is 12.2. The lowest BCUT2D eigenvalue weighted by Crippen LogP contribution is -2.64. The Morgan fingerprint density at radius 1 is 0.826 bits per heavy atom. The first-order valence-electron chi connectivity index (χ1n) is 10.3. The Kier molecular flexibility index (Phi) is 8.59. The summed E-state index contributed by atoms with van der Waals surface area (Å²) in [4.78, 5) is 4.05. The quantitative estimate of drug-likeness (QED) is 0.579. The number of rotatable bonds is 9. The second-order valence-electron chi connectivity index (χ2n) is 7.71. The van der Waals surface area contributed by atoms with Crippen molar-refractivity contribution in [3.63, 3.8) is 0 Å². The van der Waals surface area contributed by atoms with E-state index in [1.807, 2.05) is 0 Å². The van der Waals surface area contributed by atoms with Crippen molar-refractivity contribution < 1.29 is 8.85 Å². The van der Waals surface area contributed by atoms with E-state index >= 15 is 0 Å². The molecule has 0 spiro atoms. The highest BCUT2D eigenvalue weighted by molar-refractivity contribution is 6.66. The predicted octanol–water partition coefficient (Wildman–Crippen LogP) is 5.28. The van der Waals surface area contributed by atoms with E-state index in [0.717, 1.165) is 32.0 Å². The van der Waals surface area contributed by atoms with Crippen LogP contribution >= 0.6 is 0 Å². The summed E-state index contributed by atoms with van der Waals surface area (Å²) in [6.07, 6.45) is 14.3. The SMILES string of the molecule is CCCO[Si](NC1CCCCC1C)(OCCC)C1CCCCC1. The van der Waals surface area contributed by atoms with E-state index in [2.05, 4.69) is 25.8 Å². The molecular formula is C19H39NO2Si. The first-order chi connectivity index (χ1) is 11.2. The molecule has 0 aromatic carbocycles. The lowest BCUT2D eigenvalue weighted by atomic mass is 9.87. The van der Waals surface area contributed by atoms with Gasteiger partial charge in [0.2, 0.25) is 0 Å². The van der Waals surface area contributed by atoms with Gasteiger partial charge in [-0.1, -0.05) is 52.9 Å². The van der Waals surface area contributed by atoms with Crippen LogP contribution in [0.2, 0.25) is 5.54 Å². The largest absolute Gasteiger partial charge is 0.428 e. The van der Waals surface area contributed by atoms with Crippen molar-refractivity contribution in [3.8, 4) is 0 Å². The van der Waals surface area contributed by atoms with Gasteiger partial charge in [-0.2, -0.15) is 0 Å². The smallest absolute Gasteiger partial charge is 0.383 e. The second-order valence-corrected chi connectivity index (χ2v) is 10.7. The summed E-state index contributed by atoms with van der Waals surface area (Å²) >= 11 is 0. The Labute approximate surface area is 145 Å². The Morgan fingerprint density at radius 3 is 1.96 bits per heavy atom. The maximum Gasteiger partial charge on any atom is 0.428 e. The molecule has 3 nitrogen and oxygen atoms in total. The fourth-order valence-corrected chi connectivity index (χ4v) is 8.34. The Hall–Kier alpha value is 0.0969. The third-order valence-electron chi connectivity index (χ3n) is 5.68. The van der Waals surface area contributed by atoms with Gasteiger partial charge >= 0.3 is 8.72 Å². The molecule has 2 rings (SSSR count). The minimum Gasteiger partial charge on any atom is -0.383 e. The van der Waals surface area contributed by atoms with Crippen LogP contribution in [0.1, 0.15) is 91.4 Å². The van der Waals surface area contributed by atoms with Crippen LogP contribution in [0.15, 0.2) is 0 Å². The Balaban J connectivity index is 2.14. The van der Waals surface area contributed by atoms with Gasteiger partial charge in [0.05, 0.1) is 0 Å². The molecule has 1 N–H and O–H groups in total. The van der Waals surface area contributed by atoms with Crippen molar-refractivity contribution in [2.75, 3.05) is 13.2 Å². The molecule has 2 fully saturated rings. The van der Waals surface area contributed by atoms with E-state index < -0.39 is 8.72 Å². The van der Waals surface area contributed by atoms with E-state index in [4.69, 9.17) is 8.85 Å². The molecule has 0 aromatic rings. The van der Waals surface area contributed by atoms with Crippen molar-refractivity contribution in [1.82, 2.24) is 4.98 Å². The molecule has 2 aliphatic carbocycles. The molecule has 2 aliphatic rings. The normalized spacial score (nSPS) is 27.3. The lowest BCUT2D eigenvalue weighted by Gasteiger charge is -2.43. The summed E-state index contributed by atoms with van der Waals surface area (Å²) in [5, 5.41) is 0. The monoisotopic (exact) mass is 341 g/mol. The molecule has 0 heterocycles. The van der Waals surface area contributed by atoms with Crippen LogP contribution in [0, 0.1) is 5.92 Å². The summed E-state index contributed by atoms with van der Waals surface area (Å²) in [6.45, 7) is 8.53. The van der Waals surface area contributed by atoms with Crippen LogP contribution in [0.4, 0.5) is 0 Å². The van der Waals surface area contributed by atoms with Gasteiger partial charge in [-0.3, -0.25) is 4.98 Å². The Bertz CT molecular complexity index is 312. The van der Waals surface area contributed by atoms with E-state index in [1.165, 1.54) is 57.8 Å². The molecule has 0 amide bonds. The van der Waals surface area contributed by atoms with Crippen molar-refractivity contribution >= 4 is 8.72 Å². The van der Waals surface area contributed by atoms with Gasteiger partial charge in [0.15, 0.2) is 0 Å². The minimum absolute atomic E-state index is 0.603. The lowest BCUT2D eigenvalue weighted by molar-refractivity contribution is 0.127. The molecule has 0 aliphatic heterocycles. The maximum atomic E-state index is 6.58. The topological polar surface area (TPSA) is 30.5 Å². The van der Waals surface area contributed by atoms with Gasteiger partial charge in [-0.15, -0.1) is 0 Å². The first kappa shape index (κ1) is 19.4. The van der Waals surface area contributed by atoms with Crippen molar-refractivity contribution in [2.24, 2.45) is 5.92 Å². The van der Waals surface area contributed by atoms with E-state index in [0.29, 0.717) is 11.6 Å². The highest BCUT2D eigenvalue weighted by atomic mass is 28.4. The van der Waals surface area contributed by atoms with Gasteiger partial charge in [0, 0.05) is 24.8 Å². The molecule has 0 saturated heterocycles. The molecule has 23 heavy (non-hydrogen) atoms. The average Bonchev–Trinajstić information content (AvgIpc) is 2.60. The van der Waals surface area contributed by atoms with Crippen LogP contribution in [-0.4, -0.2) is 28.0 Å². The molecule has 0 aromatic heterocycles. The number of nitrogens with one attached hydrogen (secondary N) is 1. The highest BCUT2D eigenvalue weighted by Gasteiger charge is 2.49. The van der Waals surface area contributed by atoms with Gasteiger partial charge < -0.3 is 8.85 Å². The maximum absolute atomic E-state index is 6.58. The zero-order chi connectivity index (χ0) is 16.5. The third kappa shape index (κ3) is 5.55. The average molecular weight is 342 g/mol. The predicted molar refractivity (Wildman–Crippen MR) is 99.6 cm³/mol. The standard InChI is InChI=1S/C19H39NO2Si/c1-4-15-21-23(22-16-5-2,18-12-7-6-8-13-18)20-19-14-10-9-11-17(19)3/h17-20H,4-16H2,1-3H3. The molecule has 136 valence electrons. The van der Waals surface area contributed by atoms with Crippen molar-refractivity contribution in [2.45, 2.75) is 103 Å². The molecular weight excluding hydrogens is 302 g/mol. The highest BCUT2D eigenvalue weighted by Crippen LogP contribution is 2.38. The third-order valence-corrected chi connectivity index (χ3v) is 9.37. The molecule has 0 radical (unpaired) electrons. The Morgan fingerprint density at radius 2 is 1.39 bits per heavy atom. The van der Waals surface area contributed by atoms with Crippen LogP contribution in [0.5, 0.6) is 0 Å². The summed E-state index contributed by atoms with van der Waals surface area (Å²) in [5.74, 6) is 0.759. The summed E-state index contributed by atoms with van der Waals surface area (Å²) in [7, 11) is -2.32. The van der Waals surface area contributed by atoms with Gasteiger partial charge in [-0.05, 0) is 44.4 Å². The fraction of sp³-hybridized carbons (Fsp3) is 1.00. The van der Waals surface area contributed by atoms with E-state index in [9.17, 15) is 0 Å². The van der Waals surface area contributed by atoms with Crippen molar-refractivity contribution in [1.29, 1.82) is 0 Å². The van der Waals surface area contributed by atoms with Gasteiger partial charge in [0.1, 0.15) is 0 Å². The van der Waals surface area contributed by atoms with Gasteiger partial charge in [-0.25, -0.2) is 0 Å². The molecule has 2 atom stereocenters. The van der Waals surface area contributed by atoms with Crippen LogP contribution < -0.4 is 4.98 Å². The number of hydrogen-bond donors (Lipinski definition) is 1. The van der Waals surface area contributed by atoms with Crippen LogP contribution in [0.3, 0.4) is 0 Å². The second kappa shape index (κ2) is 10.2. The zero-order valence-electron chi connectivity index (χ0n) is 15.7. The molecule has 0 bridgehead atoms. The zero-order valence-corrected chi connectivity index (χ0v) is 16.7. The molecule has 2 unspecified atom stereocenters. The minimum atomic E-state index is -2.32. The fourth-order valence-electron chi connectivity index (χ4n) is 4.26. The summed E-state index contributed by atoms with van der Waals surface area (Å²) < 4.78 is 13.2.